The SMILES string of the molecule is Cc1ccc(C(=O)[C@@H](C)OC(=O)/C=C/c2cccc([N+](=O)[O-])c2)cc1. The Bertz CT molecular complexity index is 824. The number of ketones is 1. The lowest BCUT2D eigenvalue weighted by atomic mass is 10.1. The first kappa shape index (κ1) is 18.1. The van der Waals surface area contributed by atoms with E-state index in [1.807, 2.05) is 19.1 Å². The topological polar surface area (TPSA) is 86.5 Å². The predicted octanol–water partition coefficient (Wildman–Crippen LogP) is 3.73. The minimum Gasteiger partial charge on any atom is -0.451 e. The van der Waals surface area contributed by atoms with E-state index in [1.165, 1.54) is 31.2 Å². The predicted molar refractivity (Wildman–Crippen MR) is 93.2 cm³/mol. The van der Waals surface area contributed by atoms with Crippen molar-refractivity contribution < 1.29 is 19.2 Å². The molecule has 25 heavy (non-hydrogen) atoms. The van der Waals surface area contributed by atoms with Gasteiger partial charge in [0.05, 0.1) is 4.92 Å². The van der Waals surface area contributed by atoms with Crippen LogP contribution in [0.3, 0.4) is 0 Å². The zero-order chi connectivity index (χ0) is 18.4. The highest BCUT2D eigenvalue weighted by molar-refractivity contribution is 6.01. The van der Waals surface area contributed by atoms with Crippen molar-refractivity contribution in [1.29, 1.82) is 0 Å². The molecule has 6 heteroatoms. The summed E-state index contributed by atoms with van der Waals surface area (Å²) in [6.45, 7) is 3.41. The molecular weight excluding hydrogens is 322 g/mol. The number of aryl methyl sites for hydroxylation is 1. The third kappa shape index (κ3) is 5.10. The Morgan fingerprint density at radius 2 is 1.84 bits per heavy atom. The minimum absolute atomic E-state index is 0.0709. The third-order valence-electron chi connectivity index (χ3n) is 3.49. The fourth-order valence-corrected chi connectivity index (χ4v) is 2.13. The Balaban J connectivity index is 1.99. The second-order valence-corrected chi connectivity index (χ2v) is 5.49. The number of hydrogen-bond donors (Lipinski definition) is 0. The summed E-state index contributed by atoms with van der Waals surface area (Å²) in [5.41, 5.74) is 1.91. The standard InChI is InChI=1S/C19H17NO5/c1-13-6-9-16(10-7-13)19(22)14(2)25-18(21)11-8-15-4-3-5-17(12-15)20(23)24/h3-12,14H,1-2H3/b11-8+/t14-/m1/s1. The Kier molecular flexibility index (Phi) is 5.79. The molecule has 6 nitrogen and oxygen atoms in total. The van der Waals surface area contributed by atoms with Gasteiger partial charge in [-0.25, -0.2) is 4.79 Å². The van der Waals surface area contributed by atoms with Crippen LogP contribution in [0.2, 0.25) is 0 Å². The Hall–Kier alpha value is -3.28. The lowest BCUT2D eigenvalue weighted by Crippen LogP contribution is -2.23. The zero-order valence-corrected chi connectivity index (χ0v) is 13.8. The number of hydrogen-bond acceptors (Lipinski definition) is 5. The number of esters is 1. The number of benzene rings is 2. The number of nitrogens with zero attached hydrogens (tertiary/aromatic N) is 1. The summed E-state index contributed by atoms with van der Waals surface area (Å²) in [5, 5.41) is 10.7. The molecular formula is C19H17NO5. The number of carbonyl (C=O) groups excluding carboxylic acids is 2. The van der Waals surface area contributed by atoms with Crippen molar-refractivity contribution in [3.05, 3.63) is 81.4 Å². The fraction of sp³-hybridized carbons (Fsp3) is 0.158. The number of Topliss-reactive ketones (excluding diaryl/α,β-unsaturated/α-hetero) is 1. The molecule has 0 amide bonds. The lowest BCUT2D eigenvalue weighted by molar-refractivity contribution is -0.384. The lowest BCUT2D eigenvalue weighted by Gasteiger charge is -2.11. The maximum absolute atomic E-state index is 12.2. The monoisotopic (exact) mass is 339 g/mol. The van der Waals surface area contributed by atoms with E-state index < -0.39 is 17.0 Å². The molecule has 0 bridgehead atoms. The van der Waals surface area contributed by atoms with E-state index in [2.05, 4.69) is 0 Å². The van der Waals surface area contributed by atoms with E-state index in [1.54, 1.807) is 18.2 Å². The molecule has 0 aliphatic rings. The first-order valence-corrected chi connectivity index (χ1v) is 7.61. The Morgan fingerprint density at radius 1 is 1.16 bits per heavy atom. The average Bonchev–Trinajstić information content (AvgIpc) is 2.60. The molecule has 0 saturated carbocycles. The maximum Gasteiger partial charge on any atom is 0.331 e. The molecule has 2 aromatic carbocycles. The van der Waals surface area contributed by atoms with Crippen LogP contribution in [0.1, 0.15) is 28.4 Å². The van der Waals surface area contributed by atoms with Gasteiger partial charge in [-0.05, 0) is 25.5 Å². The van der Waals surface area contributed by atoms with Gasteiger partial charge in [-0.15, -0.1) is 0 Å². The van der Waals surface area contributed by atoms with Gasteiger partial charge in [0.1, 0.15) is 0 Å². The van der Waals surface area contributed by atoms with Gasteiger partial charge < -0.3 is 4.74 Å². The van der Waals surface area contributed by atoms with Gasteiger partial charge in [0, 0.05) is 23.8 Å². The average molecular weight is 339 g/mol. The van der Waals surface area contributed by atoms with Crippen molar-refractivity contribution in [3.63, 3.8) is 0 Å². The molecule has 0 saturated heterocycles. The molecule has 1 atom stereocenters. The summed E-state index contributed by atoms with van der Waals surface area (Å²) >= 11 is 0. The molecule has 128 valence electrons. The second kappa shape index (κ2) is 8.01. The quantitative estimate of drug-likeness (QED) is 0.263. The van der Waals surface area contributed by atoms with Gasteiger partial charge in [0.15, 0.2) is 6.10 Å². The summed E-state index contributed by atoms with van der Waals surface area (Å²) in [5.74, 6) is -0.989. The molecule has 0 fully saturated rings. The highest BCUT2D eigenvalue weighted by atomic mass is 16.6. The van der Waals surface area contributed by atoms with Gasteiger partial charge in [-0.2, -0.15) is 0 Å². The van der Waals surface area contributed by atoms with Crippen LogP contribution in [0.15, 0.2) is 54.6 Å². The first-order chi connectivity index (χ1) is 11.9. The van der Waals surface area contributed by atoms with Crippen LogP contribution in [-0.2, 0) is 9.53 Å². The summed E-state index contributed by atoms with van der Waals surface area (Å²) in [6.07, 6.45) is 1.61. The van der Waals surface area contributed by atoms with Gasteiger partial charge in [0.2, 0.25) is 5.78 Å². The van der Waals surface area contributed by atoms with Gasteiger partial charge in [-0.1, -0.05) is 42.0 Å². The molecule has 0 heterocycles. The molecule has 0 spiro atoms. The van der Waals surface area contributed by atoms with Crippen molar-refractivity contribution >= 4 is 23.5 Å². The van der Waals surface area contributed by atoms with E-state index in [0.29, 0.717) is 11.1 Å². The van der Waals surface area contributed by atoms with Gasteiger partial charge >= 0.3 is 5.97 Å². The van der Waals surface area contributed by atoms with E-state index in [9.17, 15) is 19.7 Å². The largest absolute Gasteiger partial charge is 0.451 e. The Morgan fingerprint density at radius 3 is 2.48 bits per heavy atom. The Labute approximate surface area is 144 Å². The number of ether oxygens (including phenoxy) is 1. The molecule has 2 rings (SSSR count). The maximum atomic E-state index is 12.2. The van der Waals surface area contributed by atoms with E-state index in [-0.39, 0.29) is 11.5 Å². The van der Waals surface area contributed by atoms with E-state index >= 15 is 0 Å². The minimum atomic E-state index is -0.926. The van der Waals surface area contributed by atoms with Crippen LogP contribution in [0.25, 0.3) is 6.08 Å². The molecule has 0 aromatic heterocycles. The van der Waals surface area contributed by atoms with Crippen molar-refractivity contribution in [2.45, 2.75) is 20.0 Å². The second-order valence-electron chi connectivity index (χ2n) is 5.49. The first-order valence-electron chi connectivity index (χ1n) is 7.61. The normalized spacial score (nSPS) is 11.9. The summed E-state index contributed by atoms with van der Waals surface area (Å²) < 4.78 is 5.09. The molecule has 2 aromatic rings. The molecule has 0 aliphatic carbocycles. The van der Waals surface area contributed by atoms with E-state index in [4.69, 9.17) is 4.74 Å². The molecule has 0 aliphatic heterocycles. The number of nitro groups is 1. The molecule has 0 unspecified atom stereocenters. The van der Waals surface area contributed by atoms with Crippen molar-refractivity contribution in [1.82, 2.24) is 0 Å². The van der Waals surface area contributed by atoms with Gasteiger partial charge in [0.25, 0.3) is 5.69 Å². The smallest absolute Gasteiger partial charge is 0.331 e. The summed E-state index contributed by atoms with van der Waals surface area (Å²) in [4.78, 5) is 34.3. The van der Waals surface area contributed by atoms with Gasteiger partial charge in [-0.3, -0.25) is 14.9 Å². The van der Waals surface area contributed by atoms with Crippen molar-refractivity contribution in [3.8, 4) is 0 Å². The van der Waals surface area contributed by atoms with E-state index in [0.717, 1.165) is 11.6 Å². The highest BCUT2D eigenvalue weighted by Gasteiger charge is 2.18. The fourth-order valence-electron chi connectivity index (χ4n) is 2.13. The highest BCUT2D eigenvalue weighted by Crippen LogP contribution is 2.14. The van der Waals surface area contributed by atoms with Crippen LogP contribution in [0, 0.1) is 17.0 Å². The van der Waals surface area contributed by atoms with Crippen LogP contribution in [-0.4, -0.2) is 22.8 Å². The summed E-state index contributed by atoms with van der Waals surface area (Å²) in [7, 11) is 0. The van der Waals surface area contributed by atoms with Crippen LogP contribution >= 0.6 is 0 Å². The van der Waals surface area contributed by atoms with Crippen LogP contribution in [0.4, 0.5) is 5.69 Å². The number of carbonyl (C=O) groups is 2. The number of nitro benzene ring substituents is 1. The van der Waals surface area contributed by atoms with Crippen molar-refractivity contribution in [2.75, 3.05) is 0 Å². The van der Waals surface area contributed by atoms with Crippen LogP contribution in [0.5, 0.6) is 0 Å². The summed E-state index contributed by atoms with van der Waals surface area (Å²) in [6, 6.07) is 12.8. The molecule has 0 radical (unpaired) electrons. The zero-order valence-electron chi connectivity index (χ0n) is 13.8. The molecule has 0 N–H and O–H groups in total. The number of non-ortho nitro benzene ring substituents is 1. The number of rotatable bonds is 6. The third-order valence-corrected chi connectivity index (χ3v) is 3.49. The van der Waals surface area contributed by atoms with Crippen molar-refractivity contribution in [2.24, 2.45) is 0 Å². The van der Waals surface area contributed by atoms with Crippen LogP contribution < -0.4 is 0 Å².